The van der Waals surface area contributed by atoms with Crippen molar-refractivity contribution in [3.05, 3.63) is 65.7 Å². The number of carboxylic acids is 1. The minimum atomic E-state index is -0.892. The first-order valence-electron chi connectivity index (χ1n) is 9.45. The molecule has 2 aliphatic rings. The number of likely N-dealkylation sites (tertiary alicyclic amines) is 2. The molecular formula is C22H24N2O4. The minimum Gasteiger partial charge on any atom is -0.497 e. The van der Waals surface area contributed by atoms with Crippen molar-refractivity contribution in [2.75, 3.05) is 33.3 Å². The van der Waals surface area contributed by atoms with Gasteiger partial charge in [0.15, 0.2) is 0 Å². The summed E-state index contributed by atoms with van der Waals surface area (Å²) < 4.78 is 5.14. The highest BCUT2D eigenvalue weighted by Gasteiger charge is 2.58. The molecule has 1 amide bonds. The van der Waals surface area contributed by atoms with E-state index in [1.54, 1.807) is 36.3 Å². The highest BCUT2D eigenvalue weighted by molar-refractivity contribution is 5.95. The van der Waals surface area contributed by atoms with E-state index in [0.717, 1.165) is 6.54 Å². The molecule has 2 aromatic carbocycles. The normalized spacial score (nSPS) is 24.2. The smallest absolute Gasteiger partial charge is 0.313 e. The number of carbonyl (C=O) groups excluding carboxylic acids is 1. The predicted molar refractivity (Wildman–Crippen MR) is 104 cm³/mol. The molecule has 4 rings (SSSR count). The van der Waals surface area contributed by atoms with Gasteiger partial charge in [-0.3, -0.25) is 14.5 Å². The molecule has 0 unspecified atom stereocenters. The Hall–Kier alpha value is -2.86. The molecule has 0 bridgehead atoms. The summed E-state index contributed by atoms with van der Waals surface area (Å²) >= 11 is 0. The highest BCUT2D eigenvalue weighted by atomic mass is 16.5. The molecule has 0 saturated carbocycles. The molecule has 1 N–H and O–H groups in total. The summed E-state index contributed by atoms with van der Waals surface area (Å²) in [5.74, 6) is -0.297. The van der Waals surface area contributed by atoms with Crippen LogP contribution in [0.3, 0.4) is 0 Å². The van der Waals surface area contributed by atoms with Crippen molar-refractivity contribution in [2.24, 2.45) is 11.3 Å². The van der Waals surface area contributed by atoms with E-state index in [0.29, 0.717) is 30.9 Å². The number of aliphatic carboxylic acids is 1. The van der Waals surface area contributed by atoms with Gasteiger partial charge in [-0.05, 0) is 29.8 Å². The van der Waals surface area contributed by atoms with Gasteiger partial charge in [-0.2, -0.15) is 0 Å². The van der Waals surface area contributed by atoms with Crippen molar-refractivity contribution < 1.29 is 19.4 Å². The lowest BCUT2D eigenvalue weighted by Crippen LogP contribution is -2.41. The average Bonchev–Trinajstić information content (AvgIpc) is 3.23. The molecule has 0 aliphatic carbocycles. The lowest BCUT2D eigenvalue weighted by molar-refractivity contribution is -0.148. The first-order chi connectivity index (χ1) is 13.5. The van der Waals surface area contributed by atoms with Crippen molar-refractivity contribution in [1.82, 2.24) is 9.80 Å². The summed E-state index contributed by atoms with van der Waals surface area (Å²) in [5.41, 5.74) is 0.841. The average molecular weight is 380 g/mol. The number of hydrogen-bond acceptors (Lipinski definition) is 4. The lowest BCUT2D eigenvalue weighted by atomic mass is 9.81. The van der Waals surface area contributed by atoms with E-state index in [2.05, 4.69) is 17.0 Å². The van der Waals surface area contributed by atoms with Gasteiger partial charge in [-0.1, -0.05) is 30.3 Å². The number of rotatable bonds is 5. The fourth-order valence-corrected chi connectivity index (χ4v) is 4.50. The number of amides is 1. The summed E-state index contributed by atoms with van der Waals surface area (Å²) in [7, 11) is 1.58. The molecular weight excluding hydrogens is 356 g/mol. The van der Waals surface area contributed by atoms with E-state index >= 15 is 0 Å². The van der Waals surface area contributed by atoms with Gasteiger partial charge in [0.2, 0.25) is 0 Å². The Labute approximate surface area is 164 Å². The van der Waals surface area contributed by atoms with E-state index in [9.17, 15) is 14.7 Å². The van der Waals surface area contributed by atoms with Crippen LogP contribution in [0.1, 0.15) is 15.9 Å². The zero-order valence-corrected chi connectivity index (χ0v) is 15.9. The van der Waals surface area contributed by atoms with E-state index in [1.807, 2.05) is 18.2 Å². The van der Waals surface area contributed by atoms with Gasteiger partial charge in [0.25, 0.3) is 5.91 Å². The lowest BCUT2D eigenvalue weighted by Gasteiger charge is -2.25. The number of methoxy groups -OCH3 is 1. The maximum absolute atomic E-state index is 12.9. The van der Waals surface area contributed by atoms with Crippen LogP contribution in [0.15, 0.2) is 54.6 Å². The third-order valence-electron chi connectivity index (χ3n) is 5.98. The maximum Gasteiger partial charge on any atom is 0.313 e. The monoisotopic (exact) mass is 380 g/mol. The predicted octanol–water partition coefficient (Wildman–Crippen LogP) is 2.35. The third-order valence-corrected chi connectivity index (χ3v) is 5.98. The molecule has 0 radical (unpaired) electrons. The largest absolute Gasteiger partial charge is 0.497 e. The Morgan fingerprint density at radius 1 is 1.07 bits per heavy atom. The molecule has 2 aliphatic heterocycles. The van der Waals surface area contributed by atoms with E-state index < -0.39 is 11.4 Å². The van der Waals surface area contributed by atoms with Crippen LogP contribution in [0.2, 0.25) is 0 Å². The molecule has 6 nitrogen and oxygen atoms in total. The molecule has 2 fully saturated rings. The van der Waals surface area contributed by atoms with Crippen molar-refractivity contribution in [3.63, 3.8) is 0 Å². The van der Waals surface area contributed by atoms with Crippen LogP contribution in [0.5, 0.6) is 5.75 Å². The standard InChI is InChI=1S/C22H24N2O4/c1-28-19-9-7-17(8-10-19)20(25)24-13-18-12-23(11-16-5-3-2-4-6-16)14-22(18,15-24)21(26)27/h2-10,18H,11-15H2,1H3,(H,26,27)/t18-,22-/m0/s1. The maximum atomic E-state index is 12.9. The van der Waals surface area contributed by atoms with Gasteiger partial charge >= 0.3 is 5.97 Å². The highest BCUT2D eigenvalue weighted by Crippen LogP contribution is 2.43. The Morgan fingerprint density at radius 3 is 2.39 bits per heavy atom. The fourth-order valence-electron chi connectivity index (χ4n) is 4.50. The minimum absolute atomic E-state index is 0.0593. The SMILES string of the molecule is COc1ccc(C(=O)N2C[C@@H]3CN(Cc4ccccc4)C[C@]3(C(=O)O)C2)cc1. The van der Waals surface area contributed by atoms with Crippen molar-refractivity contribution >= 4 is 11.9 Å². The molecule has 2 aromatic rings. The van der Waals surface area contributed by atoms with Crippen LogP contribution in [0.25, 0.3) is 0 Å². The molecule has 0 aromatic heterocycles. The van der Waals surface area contributed by atoms with Crippen LogP contribution in [-0.4, -0.2) is 60.1 Å². The summed E-state index contributed by atoms with van der Waals surface area (Å²) in [6.07, 6.45) is 0. The second kappa shape index (κ2) is 7.28. The van der Waals surface area contributed by atoms with E-state index in [-0.39, 0.29) is 18.4 Å². The van der Waals surface area contributed by atoms with Gasteiger partial charge in [0, 0.05) is 44.2 Å². The number of ether oxygens (including phenoxy) is 1. The number of carboxylic acid groups (broad SMARTS) is 1. The van der Waals surface area contributed by atoms with E-state index in [4.69, 9.17) is 4.74 Å². The molecule has 2 heterocycles. The van der Waals surface area contributed by atoms with Crippen LogP contribution < -0.4 is 4.74 Å². The Morgan fingerprint density at radius 2 is 1.79 bits per heavy atom. The first kappa shape index (κ1) is 18.5. The third kappa shape index (κ3) is 3.24. The van der Waals surface area contributed by atoms with Crippen LogP contribution in [0, 0.1) is 11.3 Å². The number of carbonyl (C=O) groups is 2. The number of fused-ring (bicyclic) bond motifs is 1. The van der Waals surface area contributed by atoms with Gasteiger partial charge in [0.05, 0.1) is 7.11 Å². The summed E-state index contributed by atoms with van der Waals surface area (Å²) in [4.78, 5) is 29.0. The Kier molecular flexibility index (Phi) is 4.81. The zero-order chi connectivity index (χ0) is 19.7. The summed E-state index contributed by atoms with van der Waals surface area (Å²) in [6, 6.07) is 17.0. The van der Waals surface area contributed by atoms with Crippen molar-refractivity contribution in [1.29, 1.82) is 0 Å². The van der Waals surface area contributed by atoms with Gasteiger partial charge in [0.1, 0.15) is 11.2 Å². The summed E-state index contributed by atoms with van der Waals surface area (Å²) in [5, 5.41) is 10.0. The molecule has 6 heteroatoms. The molecule has 146 valence electrons. The topological polar surface area (TPSA) is 70.1 Å². The van der Waals surface area contributed by atoms with Crippen molar-refractivity contribution in [3.8, 4) is 5.75 Å². The molecule has 2 atom stereocenters. The second-order valence-corrected chi connectivity index (χ2v) is 7.73. The Bertz CT molecular complexity index is 868. The zero-order valence-electron chi connectivity index (χ0n) is 15.9. The second-order valence-electron chi connectivity index (χ2n) is 7.73. The molecule has 28 heavy (non-hydrogen) atoms. The number of benzene rings is 2. The van der Waals surface area contributed by atoms with Crippen LogP contribution in [-0.2, 0) is 11.3 Å². The van der Waals surface area contributed by atoms with Gasteiger partial charge in [-0.25, -0.2) is 0 Å². The van der Waals surface area contributed by atoms with E-state index in [1.165, 1.54) is 5.56 Å². The van der Waals surface area contributed by atoms with Crippen molar-refractivity contribution in [2.45, 2.75) is 6.54 Å². The number of hydrogen-bond donors (Lipinski definition) is 1. The fraction of sp³-hybridized carbons (Fsp3) is 0.364. The quantitative estimate of drug-likeness (QED) is 0.862. The molecule has 0 spiro atoms. The van der Waals surface area contributed by atoms with Crippen LogP contribution in [0.4, 0.5) is 0 Å². The summed E-state index contributed by atoms with van der Waals surface area (Å²) in [6.45, 7) is 2.62. The Balaban J connectivity index is 1.48. The first-order valence-corrected chi connectivity index (χ1v) is 9.45. The van der Waals surface area contributed by atoms with Gasteiger partial charge < -0.3 is 14.7 Å². The van der Waals surface area contributed by atoms with Crippen LogP contribution >= 0.6 is 0 Å². The molecule has 2 saturated heterocycles. The van der Waals surface area contributed by atoms with Gasteiger partial charge in [-0.15, -0.1) is 0 Å². The number of nitrogens with zero attached hydrogens (tertiary/aromatic N) is 2.